The molecule has 10 heavy (non-hydrogen) atoms. The van der Waals surface area contributed by atoms with Gasteiger partial charge in [0.1, 0.15) is 0 Å². The van der Waals surface area contributed by atoms with Gasteiger partial charge in [-0.2, -0.15) is 12.8 Å². The molecule has 0 rings (SSSR count). The fourth-order valence-electron chi connectivity index (χ4n) is 0.352. The largest absolute Gasteiger partial charge is 0.354 e. The van der Waals surface area contributed by atoms with Crippen LogP contribution in [0.5, 0.6) is 0 Å². The fourth-order valence-corrected chi connectivity index (χ4v) is 0.592. The summed E-state index contributed by atoms with van der Waals surface area (Å²) in [6, 6.07) is 0. The van der Waals surface area contributed by atoms with E-state index in [4.69, 9.17) is 0 Å². The van der Waals surface area contributed by atoms with Crippen molar-refractivity contribution in [2.45, 2.75) is 6.92 Å². The van der Waals surface area contributed by atoms with Gasteiger partial charge in [0.25, 0.3) is 0 Å². The lowest BCUT2D eigenvalue weighted by atomic mass is 10.6. The van der Waals surface area contributed by atoms with Gasteiger partial charge in [-0.1, -0.05) is 0 Å². The van der Waals surface area contributed by atoms with Crippen molar-refractivity contribution in [3.05, 3.63) is 0 Å². The molecule has 0 saturated carbocycles. The minimum absolute atomic E-state index is 0.107. The van der Waals surface area contributed by atoms with Crippen LogP contribution >= 0.6 is 0 Å². The molecular weight excluding hydrogens is 156 g/mol. The molecule has 0 saturated heterocycles. The van der Waals surface area contributed by atoms with E-state index >= 15 is 0 Å². The molecule has 0 aromatic carbocycles. The van der Waals surface area contributed by atoms with Crippen molar-refractivity contribution in [3.8, 4) is 0 Å². The highest BCUT2D eigenvalue weighted by atomic mass is 32.2. The molecule has 0 atom stereocenters. The maximum absolute atomic E-state index is 10.2. The maximum Gasteiger partial charge on any atom is 0.311 e. The van der Waals surface area contributed by atoms with Crippen LogP contribution in [0.1, 0.15) is 6.92 Å². The summed E-state index contributed by atoms with van der Waals surface area (Å²) in [6.45, 7) is 1.73. The van der Waals surface area contributed by atoms with Crippen LogP contribution in [0.4, 0.5) is 0 Å². The molecule has 0 aromatic rings. The molecule has 0 bridgehead atoms. The molecule has 0 aliphatic rings. The molecule has 0 aliphatic carbocycles. The van der Waals surface area contributed by atoms with Gasteiger partial charge in [0.15, 0.2) is 0 Å². The van der Waals surface area contributed by atoms with Crippen LogP contribution in [0.15, 0.2) is 4.36 Å². The average Bonchev–Trinajstić information content (AvgIpc) is 1.79. The summed E-state index contributed by atoms with van der Waals surface area (Å²) in [6.07, 6.45) is 0. The van der Waals surface area contributed by atoms with Crippen LogP contribution in [0.25, 0.3) is 0 Å². The zero-order chi connectivity index (χ0) is 7.98. The third-order valence-corrected chi connectivity index (χ3v) is 1.08. The van der Waals surface area contributed by atoms with Crippen molar-refractivity contribution in [2.75, 3.05) is 13.1 Å². The lowest BCUT2D eigenvalue weighted by Crippen LogP contribution is -2.22. The minimum atomic E-state index is -2.36. The molecule has 58 valence electrons. The number of rotatable bonds is 3. The Balaban J connectivity index is 3.40. The van der Waals surface area contributed by atoms with E-state index < -0.39 is 10.5 Å². The molecule has 0 radical (unpaired) electrons. The Kier molecular flexibility index (Phi) is 4.47. The van der Waals surface area contributed by atoms with Crippen LogP contribution in [-0.4, -0.2) is 27.4 Å². The van der Waals surface area contributed by atoms with Crippen LogP contribution in [-0.2, 0) is 15.3 Å². The Bertz CT molecular complexity index is 223. The first-order chi connectivity index (χ1) is 4.63. The average molecular weight is 164 g/mol. The summed E-state index contributed by atoms with van der Waals surface area (Å²) in [4.78, 5) is 10.2. The standard InChI is InChI=1S/C4H8N2O3S/c1-4(7)5-2-3-6-10(8)9/h2-3H2,1H3,(H,5,7). The number of hydrogen-bond donors (Lipinski definition) is 1. The summed E-state index contributed by atoms with van der Waals surface area (Å²) < 4.78 is 22.6. The molecule has 1 N–H and O–H groups in total. The van der Waals surface area contributed by atoms with E-state index in [2.05, 4.69) is 9.68 Å². The van der Waals surface area contributed by atoms with Crippen LogP contribution in [0.3, 0.4) is 0 Å². The SMILES string of the molecule is CC(=O)NCCN=S(=O)=O. The van der Waals surface area contributed by atoms with Crippen LogP contribution in [0.2, 0.25) is 0 Å². The number of carbonyl (C=O) groups is 1. The second-order valence-electron chi connectivity index (χ2n) is 1.55. The van der Waals surface area contributed by atoms with Gasteiger partial charge in [-0.05, 0) is 0 Å². The van der Waals surface area contributed by atoms with Gasteiger partial charge in [0.2, 0.25) is 5.91 Å². The quantitative estimate of drug-likeness (QED) is 0.554. The van der Waals surface area contributed by atoms with Gasteiger partial charge in [-0.25, -0.2) is 0 Å². The summed E-state index contributed by atoms with van der Waals surface area (Å²) in [5, 5.41) is 2.39. The number of carbonyl (C=O) groups excluding carboxylic acids is 1. The second-order valence-corrected chi connectivity index (χ2v) is 2.25. The number of amides is 1. The molecule has 5 nitrogen and oxygen atoms in total. The molecule has 6 heteroatoms. The molecule has 0 spiro atoms. The van der Waals surface area contributed by atoms with E-state index in [0.29, 0.717) is 0 Å². The molecular formula is C4H8N2O3S. The van der Waals surface area contributed by atoms with E-state index in [-0.39, 0.29) is 19.0 Å². The zero-order valence-corrected chi connectivity index (χ0v) is 6.31. The van der Waals surface area contributed by atoms with Gasteiger partial charge >= 0.3 is 10.5 Å². The van der Waals surface area contributed by atoms with Crippen molar-refractivity contribution in [1.29, 1.82) is 0 Å². The molecule has 0 aromatic heterocycles. The van der Waals surface area contributed by atoms with Crippen LogP contribution in [0, 0.1) is 0 Å². The van der Waals surface area contributed by atoms with Crippen molar-refractivity contribution < 1.29 is 13.2 Å². The summed E-state index contributed by atoms with van der Waals surface area (Å²) in [5.74, 6) is -0.188. The Morgan fingerprint density at radius 1 is 1.60 bits per heavy atom. The zero-order valence-electron chi connectivity index (χ0n) is 5.49. The van der Waals surface area contributed by atoms with Crippen molar-refractivity contribution in [1.82, 2.24) is 5.32 Å². The minimum Gasteiger partial charge on any atom is -0.354 e. The number of hydrogen-bond acceptors (Lipinski definition) is 4. The van der Waals surface area contributed by atoms with E-state index in [0.717, 1.165) is 0 Å². The lowest BCUT2D eigenvalue weighted by molar-refractivity contribution is -0.118. The smallest absolute Gasteiger partial charge is 0.311 e. The van der Waals surface area contributed by atoms with Gasteiger partial charge in [-0.15, -0.1) is 0 Å². The lowest BCUT2D eigenvalue weighted by Gasteiger charge is -1.93. The Morgan fingerprint density at radius 3 is 2.60 bits per heavy atom. The molecule has 1 amide bonds. The molecule has 0 fully saturated rings. The van der Waals surface area contributed by atoms with E-state index in [1.807, 2.05) is 0 Å². The topological polar surface area (TPSA) is 75.6 Å². The van der Waals surface area contributed by atoms with Crippen LogP contribution < -0.4 is 5.32 Å². The van der Waals surface area contributed by atoms with Gasteiger partial charge in [-0.3, -0.25) is 4.79 Å². The fraction of sp³-hybridized carbons (Fsp3) is 0.750. The van der Waals surface area contributed by atoms with E-state index in [1.165, 1.54) is 6.92 Å². The van der Waals surface area contributed by atoms with E-state index in [9.17, 15) is 13.2 Å². The molecule has 0 heterocycles. The highest BCUT2D eigenvalue weighted by molar-refractivity contribution is 7.61. The summed E-state index contributed by atoms with van der Waals surface area (Å²) in [5.41, 5.74) is 0. The third kappa shape index (κ3) is 7.09. The first-order valence-electron chi connectivity index (χ1n) is 2.64. The number of nitrogens with one attached hydrogen (secondary N) is 1. The number of nitrogens with zero attached hydrogens (tertiary/aromatic N) is 1. The van der Waals surface area contributed by atoms with E-state index in [1.54, 1.807) is 0 Å². The molecule has 0 unspecified atom stereocenters. The predicted octanol–water partition coefficient (Wildman–Crippen LogP) is -0.815. The Hall–Kier alpha value is -0.910. The first-order valence-corrected chi connectivity index (χ1v) is 3.67. The normalized spacial score (nSPS) is 8.50. The van der Waals surface area contributed by atoms with Crippen molar-refractivity contribution >= 4 is 16.4 Å². The Labute approximate surface area is 60.1 Å². The van der Waals surface area contributed by atoms with Crippen molar-refractivity contribution in [3.63, 3.8) is 0 Å². The summed E-state index contributed by atoms with van der Waals surface area (Å²) in [7, 11) is -2.36. The Morgan fingerprint density at radius 2 is 2.20 bits per heavy atom. The van der Waals surface area contributed by atoms with Gasteiger partial charge < -0.3 is 5.32 Å². The van der Waals surface area contributed by atoms with Gasteiger partial charge in [0.05, 0.1) is 6.54 Å². The molecule has 0 aliphatic heterocycles. The van der Waals surface area contributed by atoms with Gasteiger partial charge in [0, 0.05) is 13.5 Å². The third-order valence-electron chi connectivity index (χ3n) is 0.682. The highest BCUT2D eigenvalue weighted by Crippen LogP contribution is 1.66. The maximum atomic E-state index is 10.2. The summed E-state index contributed by atoms with van der Waals surface area (Å²) >= 11 is 0. The van der Waals surface area contributed by atoms with Crippen molar-refractivity contribution in [2.24, 2.45) is 4.36 Å². The predicted molar refractivity (Wildman–Crippen MR) is 34.9 cm³/mol. The highest BCUT2D eigenvalue weighted by Gasteiger charge is 1.86. The monoisotopic (exact) mass is 164 g/mol. The second kappa shape index (κ2) is 4.92. The first kappa shape index (κ1) is 9.09.